The van der Waals surface area contributed by atoms with E-state index >= 15 is 0 Å². The van der Waals surface area contributed by atoms with E-state index in [4.69, 9.17) is 16.2 Å². The molecule has 0 aromatic carbocycles. The Morgan fingerprint density at radius 2 is 0.556 bits per heavy atom. The van der Waals surface area contributed by atoms with Gasteiger partial charge in [0, 0.05) is 114 Å². The Hall–Kier alpha value is 2.79. The van der Waals surface area contributed by atoms with E-state index in [1.165, 1.54) is 17.8 Å². The second-order valence-corrected chi connectivity index (χ2v) is 30.0. The first-order chi connectivity index (χ1) is 18.3. The molecular weight excluding hydrogens is 1090 g/mol. The molecule has 14 heteroatoms. The smallest absolute Gasteiger partial charge is 0.0677 e. The van der Waals surface area contributed by atoms with E-state index in [1.807, 2.05) is 0 Å². The first-order valence-corrected chi connectivity index (χ1v) is 23.2. The fraction of sp³-hybridized carbons (Fsp3) is 0.806. The quantitative estimate of drug-likeness (QED) is 0.157. The van der Waals surface area contributed by atoms with Crippen LogP contribution in [0.2, 0.25) is 0 Å². The molecule has 0 aromatic rings. The average Bonchev–Trinajstić information content (AvgIpc) is 2.63. The molecule has 0 heterocycles. The van der Waals surface area contributed by atoms with Gasteiger partial charge < -0.3 is 37.5 Å². The van der Waals surface area contributed by atoms with Gasteiger partial charge in [0.15, 0.2) is 0 Å². The monoisotopic (exact) mass is 1160 g/mol. The van der Waals surface area contributed by atoms with Crippen LogP contribution in [0.3, 0.4) is 0 Å². The van der Waals surface area contributed by atoms with E-state index in [0.29, 0.717) is 20.6 Å². The molecule has 0 saturated carbocycles. The Bertz CT molecular complexity index is 671. The third-order valence-corrected chi connectivity index (χ3v) is 15.3. The van der Waals surface area contributed by atoms with Gasteiger partial charge in [-0.25, -0.2) is 18.6 Å². The molecular formula is C31H69N3P2Pt2S7-4. The minimum absolute atomic E-state index is 0. The van der Waals surface area contributed by atoms with Gasteiger partial charge in [0.05, 0.1) is 20.6 Å². The van der Waals surface area contributed by atoms with Gasteiger partial charge in [0.2, 0.25) is 0 Å². The molecule has 0 aromatic heterocycles. The summed E-state index contributed by atoms with van der Waals surface area (Å²) >= 11 is 16.9. The molecule has 0 aliphatic carbocycles. The number of nitrogens with zero attached hydrogens (tertiary/aromatic N) is 3. The molecule has 0 bridgehead atoms. The summed E-state index contributed by atoms with van der Waals surface area (Å²) in [5, 5.41) is 24.5. The van der Waals surface area contributed by atoms with Crippen molar-refractivity contribution >= 4 is 106 Å². The van der Waals surface area contributed by atoms with Crippen LogP contribution in [-0.2, 0) is 114 Å². The van der Waals surface area contributed by atoms with E-state index in [1.54, 1.807) is 20.8 Å². The molecule has 0 radical (unpaired) electrons. The van der Waals surface area contributed by atoms with Crippen molar-refractivity contribution in [2.24, 2.45) is 0 Å². The summed E-state index contributed by atoms with van der Waals surface area (Å²) in [4.78, 5) is 0. The summed E-state index contributed by atoms with van der Waals surface area (Å²) in [6.07, 6.45) is 3.00. The van der Waals surface area contributed by atoms with Gasteiger partial charge in [0.1, 0.15) is 0 Å². The maximum Gasteiger partial charge on any atom is 0.0677 e. The molecule has 45 heavy (non-hydrogen) atoms. The zero-order valence-corrected chi connectivity index (χ0v) is 44.2. The molecule has 0 N–H and O–H groups in total. The largest absolute Gasteiger partial charge is 0.814 e. The summed E-state index contributed by atoms with van der Waals surface area (Å²) in [6.45, 7) is 50.8. The van der Waals surface area contributed by atoms with E-state index in [0.717, 1.165) is 27.5 Å². The van der Waals surface area contributed by atoms with Crippen LogP contribution in [-0.4, -0.2) is 49.6 Å². The van der Waals surface area contributed by atoms with Gasteiger partial charge in [-0.15, -0.1) is 0 Å². The predicted molar refractivity (Wildman–Crippen MR) is 238 cm³/mol. The fourth-order valence-electron chi connectivity index (χ4n) is 6.31. The SMILES string of the molecule is CC=[N-].CC=[N-].CC=[N-].S=S=S.S=S=S=S.[CH2-]C(C)(C)[PH+](C(C)(C)C)C(C)(C)C.[CH2-]C(C)(C)[PH+](C(C)(C)C)C(C)(C)C.[CH3-].[Pt].[Pt]. The predicted octanol–water partition coefficient (Wildman–Crippen LogP) is 11.2. The molecule has 0 aliphatic rings. The summed E-state index contributed by atoms with van der Waals surface area (Å²) in [5.74, 6) is 0. The van der Waals surface area contributed by atoms with Crippen LogP contribution in [0.15, 0.2) is 0 Å². The summed E-state index contributed by atoms with van der Waals surface area (Å²) in [5.41, 5.74) is 0. The van der Waals surface area contributed by atoms with Crippen LogP contribution in [0, 0.1) is 21.3 Å². The molecule has 3 nitrogen and oxygen atoms in total. The molecule has 0 atom stereocenters. The Kier molecular flexibility index (Phi) is 61.9. The van der Waals surface area contributed by atoms with Crippen molar-refractivity contribution in [3.8, 4) is 0 Å². The van der Waals surface area contributed by atoms with Crippen molar-refractivity contribution in [3.05, 3.63) is 37.5 Å². The second-order valence-electron chi connectivity index (χ2n) is 14.5. The van der Waals surface area contributed by atoms with Gasteiger partial charge in [-0.2, -0.15) is 0 Å². The first-order valence-electron chi connectivity index (χ1n) is 13.5. The normalized spacial score (nSPS) is 10.4. The molecule has 0 amide bonds. The van der Waals surface area contributed by atoms with Crippen LogP contribution in [0.25, 0.3) is 16.2 Å². The molecule has 0 spiro atoms. The van der Waals surface area contributed by atoms with Crippen molar-refractivity contribution in [2.45, 2.75) is 162 Å². The van der Waals surface area contributed by atoms with Gasteiger partial charge in [0.25, 0.3) is 0 Å². The van der Waals surface area contributed by atoms with E-state index in [9.17, 15) is 0 Å². The van der Waals surface area contributed by atoms with Crippen LogP contribution in [0.4, 0.5) is 0 Å². The second kappa shape index (κ2) is 38.0. The molecule has 0 aliphatic heterocycles. The molecule has 0 fully saturated rings. The van der Waals surface area contributed by atoms with Gasteiger partial charge in [-0.05, 0) is 109 Å². The van der Waals surface area contributed by atoms with Gasteiger partial charge in [-0.1, -0.05) is 48.5 Å². The summed E-state index contributed by atoms with van der Waals surface area (Å²) in [6, 6.07) is 0. The molecule has 284 valence electrons. The van der Waals surface area contributed by atoms with Gasteiger partial charge in [-0.3, -0.25) is 0 Å². The van der Waals surface area contributed by atoms with Gasteiger partial charge >= 0.3 is 0 Å². The first kappa shape index (κ1) is 73.3. The van der Waals surface area contributed by atoms with Crippen LogP contribution in [0.1, 0.15) is 132 Å². The van der Waals surface area contributed by atoms with E-state index < -0.39 is 15.8 Å². The van der Waals surface area contributed by atoms with Crippen molar-refractivity contribution in [2.75, 3.05) is 0 Å². The van der Waals surface area contributed by atoms with Crippen LogP contribution >= 0.6 is 15.8 Å². The van der Waals surface area contributed by atoms with Crippen molar-refractivity contribution in [3.63, 3.8) is 0 Å². The Morgan fingerprint density at radius 1 is 0.467 bits per heavy atom. The number of hydrogen-bond acceptors (Lipinski definition) is 4. The zero-order valence-electron chi connectivity index (χ0n) is 32.0. The fourth-order valence-corrected chi connectivity index (χ4v) is 18.9. The van der Waals surface area contributed by atoms with E-state index in [-0.39, 0.29) is 59.9 Å². The number of rotatable bonds is 2. The van der Waals surface area contributed by atoms with Crippen molar-refractivity contribution in [1.29, 1.82) is 0 Å². The van der Waals surface area contributed by atoms with Crippen LogP contribution < -0.4 is 0 Å². The third-order valence-electron chi connectivity index (χ3n) is 4.38. The maximum absolute atomic E-state index is 7.44. The van der Waals surface area contributed by atoms with E-state index in [2.05, 4.69) is 169 Å². The third kappa shape index (κ3) is 59.3. The zero-order chi connectivity index (χ0) is 36.4. The summed E-state index contributed by atoms with van der Waals surface area (Å²) < 4.78 is 0. The minimum Gasteiger partial charge on any atom is -0.814 e. The molecule has 0 rings (SSSR count). The maximum atomic E-state index is 7.44. The Balaban J connectivity index is -0.0000000443. The van der Waals surface area contributed by atoms with Crippen LogP contribution in [0.5, 0.6) is 0 Å². The molecule has 0 unspecified atom stereocenters. The molecule has 0 saturated heterocycles. The Labute approximate surface area is 344 Å². The summed E-state index contributed by atoms with van der Waals surface area (Å²) in [7, 11) is 2.25. The number of hydrogen-bond donors (Lipinski definition) is 0. The van der Waals surface area contributed by atoms with Crippen molar-refractivity contribution < 1.29 is 42.1 Å². The standard InChI is InChI=1S/2C12H26P.3C2H4N.CH3.2Pt.S4.S3/c2*1-10(2,3)13(11(4,5)6)12(7,8)9;3*1-2-3;;;;1-3-4-2;1-3-2/h2*1H2,2-9H3;3*2H,1H3;1H3;;;;/q6*-1;;;;/p+2. The van der Waals surface area contributed by atoms with Crippen molar-refractivity contribution in [1.82, 2.24) is 0 Å². The average molecular weight is 1160 g/mol. The topological polar surface area (TPSA) is 66.9 Å². The Morgan fingerprint density at radius 3 is 0.556 bits per heavy atom. The minimum atomic E-state index is -0.502.